The van der Waals surface area contributed by atoms with Gasteiger partial charge in [0.15, 0.2) is 6.61 Å². The number of anilines is 1. The molecule has 0 fully saturated rings. The molecule has 0 aliphatic rings. The van der Waals surface area contributed by atoms with Crippen LogP contribution in [0.2, 0.25) is 5.02 Å². The first kappa shape index (κ1) is 18.2. The van der Waals surface area contributed by atoms with E-state index >= 15 is 0 Å². The van der Waals surface area contributed by atoms with E-state index in [1.807, 2.05) is 13.8 Å². The molecule has 0 bridgehead atoms. The van der Waals surface area contributed by atoms with E-state index in [-0.39, 0.29) is 18.2 Å². The van der Waals surface area contributed by atoms with Crippen molar-refractivity contribution in [2.24, 2.45) is 0 Å². The second-order valence-electron chi connectivity index (χ2n) is 5.13. The second-order valence-corrected chi connectivity index (χ2v) is 6.36. The number of nitro benzene ring substituents is 1. The first-order valence-electron chi connectivity index (χ1n) is 6.91. The number of carbonyl (C=O) groups excluding carboxylic acids is 1. The minimum Gasteiger partial charge on any atom is -0.484 e. The van der Waals surface area contributed by atoms with Crippen LogP contribution in [0.4, 0.5) is 11.4 Å². The summed E-state index contributed by atoms with van der Waals surface area (Å²) in [5.41, 5.74) is 2.09. The van der Waals surface area contributed by atoms with Crippen molar-refractivity contribution in [1.82, 2.24) is 0 Å². The van der Waals surface area contributed by atoms with Gasteiger partial charge >= 0.3 is 0 Å². The molecule has 0 atom stereocenters. The number of halogens is 2. The minimum absolute atomic E-state index is 0.0664. The largest absolute Gasteiger partial charge is 0.484 e. The second kappa shape index (κ2) is 7.63. The molecule has 6 nitrogen and oxygen atoms in total. The number of nitro groups is 1. The predicted octanol–water partition coefficient (Wildman–Crippen LogP) is 4.65. The Morgan fingerprint density at radius 1 is 1.29 bits per heavy atom. The number of hydrogen-bond donors (Lipinski definition) is 1. The number of hydrogen-bond acceptors (Lipinski definition) is 4. The number of non-ortho nitro benzene ring substituents is 1. The topological polar surface area (TPSA) is 81.5 Å². The zero-order valence-electron chi connectivity index (χ0n) is 12.9. The maximum atomic E-state index is 12.0. The number of carbonyl (C=O) groups is 1. The SMILES string of the molecule is Cc1cc(OCC(=O)Nc2ccc([N+](=O)[O-])cc2Br)cc(C)c1Cl. The smallest absolute Gasteiger partial charge is 0.270 e. The molecule has 1 amide bonds. The van der Waals surface area contributed by atoms with Gasteiger partial charge in [0.25, 0.3) is 11.6 Å². The lowest BCUT2D eigenvalue weighted by atomic mass is 10.1. The van der Waals surface area contributed by atoms with E-state index in [2.05, 4.69) is 21.2 Å². The Kier molecular flexibility index (Phi) is 5.80. The Morgan fingerprint density at radius 2 is 1.92 bits per heavy atom. The van der Waals surface area contributed by atoms with Gasteiger partial charge in [-0.3, -0.25) is 14.9 Å². The maximum absolute atomic E-state index is 12.0. The molecule has 8 heteroatoms. The van der Waals surface area contributed by atoms with Crippen LogP contribution in [0, 0.1) is 24.0 Å². The molecule has 2 aromatic carbocycles. The summed E-state index contributed by atoms with van der Waals surface area (Å²) < 4.78 is 5.88. The molecular weight excluding hydrogens is 400 g/mol. The van der Waals surface area contributed by atoms with Crippen LogP contribution < -0.4 is 10.1 Å². The van der Waals surface area contributed by atoms with E-state index in [0.717, 1.165) is 11.1 Å². The van der Waals surface area contributed by atoms with Gasteiger partial charge in [-0.1, -0.05) is 11.6 Å². The van der Waals surface area contributed by atoms with Crippen LogP contribution in [0.25, 0.3) is 0 Å². The van der Waals surface area contributed by atoms with Crippen molar-refractivity contribution in [3.63, 3.8) is 0 Å². The fraction of sp³-hybridized carbons (Fsp3) is 0.188. The molecule has 2 aromatic rings. The molecule has 2 rings (SSSR count). The van der Waals surface area contributed by atoms with Crippen molar-refractivity contribution in [1.29, 1.82) is 0 Å². The van der Waals surface area contributed by atoms with Crippen molar-refractivity contribution in [2.45, 2.75) is 13.8 Å². The van der Waals surface area contributed by atoms with Gasteiger partial charge in [-0.2, -0.15) is 0 Å². The van der Waals surface area contributed by atoms with E-state index in [9.17, 15) is 14.9 Å². The molecule has 24 heavy (non-hydrogen) atoms. The highest BCUT2D eigenvalue weighted by molar-refractivity contribution is 9.10. The van der Waals surface area contributed by atoms with Crippen molar-refractivity contribution in [2.75, 3.05) is 11.9 Å². The normalized spacial score (nSPS) is 10.3. The van der Waals surface area contributed by atoms with Crippen LogP contribution >= 0.6 is 27.5 Å². The third kappa shape index (κ3) is 4.46. The summed E-state index contributed by atoms with van der Waals surface area (Å²) in [5, 5.41) is 14.0. The number of amides is 1. The van der Waals surface area contributed by atoms with E-state index in [4.69, 9.17) is 16.3 Å². The van der Waals surface area contributed by atoms with Crippen molar-refractivity contribution < 1.29 is 14.5 Å². The summed E-state index contributed by atoms with van der Waals surface area (Å²) in [6.45, 7) is 3.52. The molecule has 0 saturated heterocycles. The van der Waals surface area contributed by atoms with Crippen molar-refractivity contribution in [3.8, 4) is 5.75 Å². The average Bonchev–Trinajstić information content (AvgIpc) is 2.52. The zero-order chi connectivity index (χ0) is 17.9. The first-order valence-corrected chi connectivity index (χ1v) is 8.08. The zero-order valence-corrected chi connectivity index (χ0v) is 15.3. The summed E-state index contributed by atoms with van der Waals surface area (Å²) in [7, 11) is 0. The third-order valence-corrected chi connectivity index (χ3v) is 4.47. The van der Waals surface area contributed by atoms with Crippen LogP contribution in [0.5, 0.6) is 5.75 Å². The molecular formula is C16H14BrClN2O4. The van der Waals surface area contributed by atoms with Crippen molar-refractivity contribution >= 4 is 44.8 Å². The van der Waals surface area contributed by atoms with Crippen molar-refractivity contribution in [3.05, 3.63) is 61.1 Å². The molecule has 0 spiro atoms. The Balaban J connectivity index is 2.00. The van der Waals surface area contributed by atoms with Gasteiger partial charge in [0.2, 0.25) is 0 Å². The predicted molar refractivity (Wildman–Crippen MR) is 95.8 cm³/mol. The lowest BCUT2D eigenvalue weighted by Crippen LogP contribution is -2.20. The van der Waals surface area contributed by atoms with Crippen LogP contribution in [0.15, 0.2) is 34.8 Å². The molecule has 0 radical (unpaired) electrons. The molecule has 0 aliphatic carbocycles. The minimum atomic E-state index is -0.509. The molecule has 1 N–H and O–H groups in total. The van der Waals surface area contributed by atoms with Gasteiger partial charge < -0.3 is 10.1 Å². The lowest BCUT2D eigenvalue weighted by Gasteiger charge is -2.11. The number of nitrogens with zero attached hydrogens (tertiary/aromatic N) is 1. The van der Waals surface area contributed by atoms with E-state index in [0.29, 0.717) is 20.9 Å². The quantitative estimate of drug-likeness (QED) is 0.571. The van der Waals surface area contributed by atoms with Gasteiger partial charge in [0.05, 0.1) is 10.6 Å². The van der Waals surface area contributed by atoms with Gasteiger partial charge in [-0.05, 0) is 59.1 Å². The summed E-state index contributed by atoms with van der Waals surface area (Å²) in [5.74, 6) is 0.169. The molecule has 0 saturated carbocycles. The van der Waals surface area contributed by atoms with Crippen LogP contribution in [0.3, 0.4) is 0 Å². The average molecular weight is 414 g/mol. The Morgan fingerprint density at radius 3 is 2.46 bits per heavy atom. The van der Waals surface area contributed by atoms with E-state index in [1.54, 1.807) is 12.1 Å². The Hall–Kier alpha value is -2.12. The lowest BCUT2D eigenvalue weighted by molar-refractivity contribution is -0.384. The third-order valence-electron chi connectivity index (χ3n) is 3.22. The highest BCUT2D eigenvalue weighted by Crippen LogP contribution is 2.28. The van der Waals surface area contributed by atoms with E-state index < -0.39 is 4.92 Å². The summed E-state index contributed by atoms with van der Waals surface area (Å²) >= 11 is 9.28. The molecule has 0 heterocycles. The van der Waals surface area contributed by atoms with Gasteiger partial charge in [0, 0.05) is 21.6 Å². The summed E-state index contributed by atoms with van der Waals surface area (Å²) in [6, 6.07) is 7.60. The first-order chi connectivity index (χ1) is 11.3. The molecule has 126 valence electrons. The fourth-order valence-corrected chi connectivity index (χ4v) is 2.62. The number of nitrogens with one attached hydrogen (secondary N) is 1. The Bertz CT molecular complexity index is 788. The molecule has 0 unspecified atom stereocenters. The van der Waals surface area contributed by atoms with Crippen LogP contribution in [-0.2, 0) is 4.79 Å². The monoisotopic (exact) mass is 412 g/mol. The highest BCUT2D eigenvalue weighted by atomic mass is 79.9. The van der Waals surface area contributed by atoms with E-state index in [1.165, 1.54) is 18.2 Å². The standard InChI is InChI=1S/C16H14BrClN2O4/c1-9-5-12(6-10(2)16(9)18)24-8-15(21)19-14-4-3-11(20(22)23)7-13(14)17/h3-7H,8H2,1-2H3,(H,19,21). The number of rotatable bonds is 5. The summed E-state index contributed by atoms with van der Waals surface area (Å²) in [4.78, 5) is 22.2. The highest BCUT2D eigenvalue weighted by Gasteiger charge is 2.12. The summed E-state index contributed by atoms with van der Waals surface area (Å²) in [6.07, 6.45) is 0. The number of aryl methyl sites for hydroxylation is 2. The molecule has 0 aromatic heterocycles. The van der Waals surface area contributed by atoms with Crippen LogP contribution in [-0.4, -0.2) is 17.4 Å². The van der Waals surface area contributed by atoms with Gasteiger partial charge in [-0.25, -0.2) is 0 Å². The van der Waals surface area contributed by atoms with Crippen LogP contribution in [0.1, 0.15) is 11.1 Å². The maximum Gasteiger partial charge on any atom is 0.270 e. The van der Waals surface area contributed by atoms with Gasteiger partial charge in [-0.15, -0.1) is 0 Å². The van der Waals surface area contributed by atoms with Gasteiger partial charge in [0.1, 0.15) is 5.75 Å². The Labute approximate surface area is 152 Å². The molecule has 0 aliphatic heterocycles. The number of benzene rings is 2. The fourth-order valence-electron chi connectivity index (χ4n) is 2.04. The number of ether oxygens (including phenoxy) is 1.